The van der Waals surface area contributed by atoms with E-state index in [-0.39, 0.29) is 5.91 Å². The summed E-state index contributed by atoms with van der Waals surface area (Å²) in [5, 5.41) is 12.0. The van der Waals surface area contributed by atoms with Gasteiger partial charge in [-0.1, -0.05) is 12.1 Å². The number of hydrogen-bond donors (Lipinski definition) is 2. The molecule has 1 aromatic carbocycles. The zero-order valence-electron chi connectivity index (χ0n) is 10.0. The largest absolute Gasteiger partial charge is 0.384 e. The molecule has 4 heteroatoms. The predicted octanol–water partition coefficient (Wildman–Crippen LogP) is 1.61. The van der Waals surface area contributed by atoms with Gasteiger partial charge in [0, 0.05) is 13.1 Å². The van der Waals surface area contributed by atoms with E-state index in [4.69, 9.17) is 0 Å². The van der Waals surface area contributed by atoms with Crippen molar-refractivity contribution in [3.05, 3.63) is 24.3 Å². The molecule has 1 aromatic rings. The summed E-state index contributed by atoms with van der Waals surface area (Å²) in [7, 11) is 0. The lowest BCUT2D eigenvalue weighted by Crippen LogP contribution is -2.26. The minimum absolute atomic E-state index is 0.364. The lowest BCUT2D eigenvalue weighted by Gasteiger charge is -2.21. The Morgan fingerprint density at radius 2 is 2.00 bits per heavy atom. The normalized spacial score (nSPS) is 16.9. The summed E-state index contributed by atoms with van der Waals surface area (Å²) in [6, 6.07) is 7.72. The molecular weight excluding hydrogens is 216 g/mol. The first kappa shape index (κ1) is 11.9. The Balaban J connectivity index is 2.18. The Hall–Kier alpha value is -1.55. The van der Waals surface area contributed by atoms with Crippen molar-refractivity contribution in [1.29, 1.82) is 0 Å². The summed E-state index contributed by atoms with van der Waals surface area (Å²) in [4.78, 5) is 13.8. The molecule has 1 saturated heterocycles. The number of hydrogen-bond acceptors (Lipinski definition) is 3. The van der Waals surface area contributed by atoms with Gasteiger partial charge < -0.3 is 15.3 Å². The number of aliphatic hydroxyl groups is 1. The highest BCUT2D eigenvalue weighted by Crippen LogP contribution is 2.28. The average molecular weight is 234 g/mol. The van der Waals surface area contributed by atoms with Crippen LogP contribution in [0.3, 0.4) is 0 Å². The number of aliphatic hydroxyl groups excluding tert-OH is 1. The molecule has 17 heavy (non-hydrogen) atoms. The summed E-state index contributed by atoms with van der Waals surface area (Å²) in [6.45, 7) is 3.52. The number of benzene rings is 1. The molecule has 0 aliphatic carbocycles. The smallest absolute Gasteiger partial charge is 0.252 e. The van der Waals surface area contributed by atoms with Crippen molar-refractivity contribution in [2.75, 3.05) is 23.3 Å². The molecule has 0 radical (unpaired) electrons. The zero-order valence-corrected chi connectivity index (χ0v) is 10.0. The number of amides is 1. The molecule has 1 aliphatic heterocycles. The lowest BCUT2D eigenvalue weighted by molar-refractivity contribution is -0.123. The second-order valence-electron chi connectivity index (χ2n) is 4.38. The molecule has 0 saturated carbocycles. The molecule has 0 aromatic heterocycles. The van der Waals surface area contributed by atoms with E-state index in [0.717, 1.165) is 24.5 Å². The first-order chi connectivity index (χ1) is 8.18. The SMILES string of the molecule is CC(O)C(=O)Nc1ccccc1N1CCCC1. The van der Waals surface area contributed by atoms with E-state index in [1.54, 1.807) is 0 Å². The van der Waals surface area contributed by atoms with Crippen LogP contribution in [0.5, 0.6) is 0 Å². The third kappa shape index (κ3) is 2.77. The van der Waals surface area contributed by atoms with Crippen LogP contribution < -0.4 is 10.2 Å². The molecular formula is C13H18N2O2. The Kier molecular flexibility index (Phi) is 3.64. The minimum atomic E-state index is -0.985. The first-order valence-corrected chi connectivity index (χ1v) is 6.01. The van der Waals surface area contributed by atoms with Gasteiger partial charge >= 0.3 is 0 Å². The van der Waals surface area contributed by atoms with Crippen LogP contribution in [-0.4, -0.2) is 30.2 Å². The van der Waals surface area contributed by atoms with Gasteiger partial charge in [0.1, 0.15) is 6.10 Å². The zero-order chi connectivity index (χ0) is 12.3. The van der Waals surface area contributed by atoms with E-state index in [1.165, 1.54) is 19.8 Å². The second kappa shape index (κ2) is 5.19. The molecule has 1 heterocycles. The Bertz CT molecular complexity index is 398. The van der Waals surface area contributed by atoms with E-state index >= 15 is 0 Å². The molecule has 0 spiro atoms. The number of carbonyl (C=O) groups is 1. The summed E-state index contributed by atoms with van der Waals surface area (Å²) in [5.41, 5.74) is 1.82. The molecule has 2 N–H and O–H groups in total. The van der Waals surface area contributed by atoms with E-state index in [0.29, 0.717) is 0 Å². The van der Waals surface area contributed by atoms with Gasteiger partial charge in [-0.25, -0.2) is 0 Å². The lowest BCUT2D eigenvalue weighted by atomic mass is 10.2. The molecule has 92 valence electrons. The summed E-state index contributed by atoms with van der Waals surface area (Å²) in [6.07, 6.45) is 1.40. The highest BCUT2D eigenvalue weighted by atomic mass is 16.3. The van der Waals surface area contributed by atoms with Gasteiger partial charge in [0.25, 0.3) is 5.91 Å². The van der Waals surface area contributed by atoms with E-state index in [9.17, 15) is 9.90 Å². The highest BCUT2D eigenvalue weighted by Gasteiger charge is 2.17. The number of rotatable bonds is 3. The summed E-state index contributed by atoms with van der Waals surface area (Å²) < 4.78 is 0. The summed E-state index contributed by atoms with van der Waals surface area (Å²) >= 11 is 0. The van der Waals surface area contributed by atoms with E-state index in [2.05, 4.69) is 10.2 Å². The van der Waals surface area contributed by atoms with Crippen molar-refractivity contribution in [1.82, 2.24) is 0 Å². The fourth-order valence-corrected chi connectivity index (χ4v) is 2.05. The van der Waals surface area contributed by atoms with Crippen LogP contribution in [0.1, 0.15) is 19.8 Å². The van der Waals surface area contributed by atoms with Crippen LogP contribution in [0, 0.1) is 0 Å². The number of nitrogens with zero attached hydrogens (tertiary/aromatic N) is 1. The summed E-state index contributed by atoms with van der Waals surface area (Å²) in [5.74, 6) is -0.364. The van der Waals surface area contributed by atoms with Gasteiger partial charge in [-0.2, -0.15) is 0 Å². The molecule has 1 aliphatic rings. The van der Waals surface area contributed by atoms with Gasteiger partial charge in [0.2, 0.25) is 0 Å². The van der Waals surface area contributed by atoms with Crippen molar-refractivity contribution in [2.24, 2.45) is 0 Å². The van der Waals surface area contributed by atoms with Crippen molar-refractivity contribution in [3.63, 3.8) is 0 Å². The van der Waals surface area contributed by atoms with E-state index < -0.39 is 6.10 Å². The maximum Gasteiger partial charge on any atom is 0.252 e. The number of para-hydroxylation sites is 2. The van der Waals surface area contributed by atoms with Gasteiger partial charge in [-0.05, 0) is 31.9 Å². The standard InChI is InChI=1S/C13H18N2O2/c1-10(16)13(17)14-11-6-2-3-7-12(11)15-8-4-5-9-15/h2-3,6-7,10,16H,4-5,8-9H2,1H3,(H,14,17). The number of nitrogens with one attached hydrogen (secondary N) is 1. The van der Waals surface area contributed by atoms with Crippen LogP contribution in [0.15, 0.2) is 24.3 Å². The van der Waals surface area contributed by atoms with E-state index in [1.807, 2.05) is 24.3 Å². The Labute approximate surface area is 101 Å². The Morgan fingerprint density at radius 3 is 2.65 bits per heavy atom. The molecule has 1 atom stereocenters. The average Bonchev–Trinajstić information content (AvgIpc) is 2.83. The fraction of sp³-hybridized carbons (Fsp3) is 0.462. The molecule has 1 fully saturated rings. The molecule has 4 nitrogen and oxygen atoms in total. The molecule has 2 rings (SSSR count). The van der Waals surface area contributed by atoms with Crippen LogP contribution >= 0.6 is 0 Å². The number of carbonyl (C=O) groups excluding carboxylic acids is 1. The third-order valence-electron chi connectivity index (χ3n) is 2.99. The minimum Gasteiger partial charge on any atom is -0.384 e. The predicted molar refractivity (Wildman–Crippen MR) is 68.2 cm³/mol. The van der Waals surface area contributed by atoms with Crippen molar-refractivity contribution >= 4 is 17.3 Å². The molecule has 1 amide bonds. The second-order valence-corrected chi connectivity index (χ2v) is 4.38. The van der Waals surface area contributed by atoms with Gasteiger partial charge in [0.15, 0.2) is 0 Å². The van der Waals surface area contributed by atoms with Crippen LogP contribution in [0.2, 0.25) is 0 Å². The molecule has 0 bridgehead atoms. The van der Waals surface area contributed by atoms with Gasteiger partial charge in [-0.15, -0.1) is 0 Å². The maximum absolute atomic E-state index is 11.5. The monoisotopic (exact) mass is 234 g/mol. The first-order valence-electron chi connectivity index (χ1n) is 6.01. The van der Waals surface area contributed by atoms with Crippen LogP contribution in [0.4, 0.5) is 11.4 Å². The highest BCUT2D eigenvalue weighted by molar-refractivity contribution is 5.96. The maximum atomic E-state index is 11.5. The number of anilines is 2. The molecule has 1 unspecified atom stereocenters. The fourth-order valence-electron chi connectivity index (χ4n) is 2.05. The quantitative estimate of drug-likeness (QED) is 0.835. The van der Waals surface area contributed by atoms with Crippen molar-refractivity contribution in [2.45, 2.75) is 25.9 Å². The Morgan fingerprint density at radius 1 is 1.35 bits per heavy atom. The van der Waals surface area contributed by atoms with Crippen molar-refractivity contribution in [3.8, 4) is 0 Å². The topological polar surface area (TPSA) is 52.6 Å². The van der Waals surface area contributed by atoms with Gasteiger partial charge in [0.05, 0.1) is 11.4 Å². The van der Waals surface area contributed by atoms with Crippen LogP contribution in [0.25, 0.3) is 0 Å². The van der Waals surface area contributed by atoms with Crippen molar-refractivity contribution < 1.29 is 9.90 Å². The van der Waals surface area contributed by atoms with Crippen LogP contribution in [-0.2, 0) is 4.79 Å². The van der Waals surface area contributed by atoms with Gasteiger partial charge in [-0.3, -0.25) is 4.79 Å². The third-order valence-corrected chi connectivity index (χ3v) is 2.99.